The smallest absolute Gasteiger partial charge is 0.144 e. The number of benzene rings is 1. The van der Waals surface area contributed by atoms with Crippen molar-refractivity contribution in [1.82, 2.24) is 0 Å². The SMILES string of the molecule is CCNc1ccc(NC(C)OC)c(OC)c1. The summed E-state index contributed by atoms with van der Waals surface area (Å²) in [5, 5.41) is 6.44. The maximum absolute atomic E-state index is 5.32. The van der Waals surface area contributed by atoms with E-state index in [1.165, 1.54) is 0 Å². The van der Waals surface area contributed by atoms with Gasteiger partial charge in [0.2, 0.25) is 0 Å². The van der Waals surface area contributed by atoms with Gasteiger partial charge in [0.15, 0.2) is 0 Å². The van der Waals surface area contributed by atoms with Gasteiger partial charge in [0.1, 0.15) is 12.0 Å². The molecular weight excluding hydrogens is 204 g/mol. The van der Waals surface area contributed by atoms with Crippen LogP contribution >= 0.6 is 0 Å². The van der Waals surface area contributed by atoms with Crippen LogP contribution in [0.4, 0.5) is 11.4 Å². The van der Waals surface area contributed by atoms with E-state index in [9.17, 15) is 0 Å². The molecule has 90 valence electrons. The molecule has 0 radical (unpaired) electrons. The molecule has 0 bridgehead atoms. The van der Waals surface area contributed by atoms with Crippen molar-refractivity contribution in [2.75, 3.05) is 31.4 Å². The summed E-state index contributed by atoms with van der Waals surface area (Å²) in [5.74, 6) is 0.808. The highest BCUT2D eigenvalue weighted by Gasteiger charge is 2.06. The summed E-state index contributed by atoms with van der Waals surface area (Å²) in [6.45, 7) is 4.90. The van der Waals surface area contributed by atoms with Crippen molar-refractivity contribution in [3.05, 3.63) is 18.2 Å². The van der Waals surface area contributed by atoms with Crippen LogP contribution in [0.25, 0.3) is 0 Å². The Morgan fingerprint density at radius 1 is 1.31 bits per heavy atom. The number of ether oxygens (including phenoxy) is 2. The topological polar surface area (TPSA) is 42.5 Å². The number of anilines is 2. The van der Waals surface area contributed by atoms with Crippen LogP contribution < -0.4 is 15.4 Å². The first-order valence-electron chi connectivity index (χ1n) is 5.42. The normalized spacial score (nSPS) is 12.0. The van der Waals surface area contributed by atoms with Gasteiger partial charge in [-0.1, -0.05) is 0 Å². The molecule has 1 rings (SSSR count). The van der Waals surface area contributed by atoms with Gasteiger partial charge in [-0.15, -0.1) is 0 Å². The van der Waals surface area contributed by atoms with Gasteiger partial charge in [-0.25, -0.2) is 0 Å². The summed E-state index contributed by atoms with van der Waals surface area (Å²) < 4.78 is 10.5. The Morgan fingerprint density at radius 3 is 2.62 bits per heavy atom. The zero-order chi connectivity index (χ0) is 12.0. The number of rotatable bonds is 6. The highest BCUT2D eigenvalue weighted by molar-refractivity contribution is 5.64. The van der Waals surface area contributed by atoms with Crippen molar-refractivity contribution >= 4 is 11.4 Å². The molecule has 1 aromatic carbocycles. The molecule has 0 fully saturated rings. The summed E-state index contributed by atoms with van der Waals surface area (Å²) in [7, 11) is 3.32. The Balaban J connectivity index is 2.84. The van der Waals surface area contributed by atoms with Crippen molar-refractivity contribution in [2.45, 2.75) is 20.1 Å². The molecule has 1 atom stereocenters. The first kappa shape index (κ1) is 12.6. The lowest BCUT2D eigenvalue weighted by Gasteiger charge is -2.17. The molecule has 4 heteroatoms. The summed E-state index contributed by atoms with van der Waals surface area (Å²) in [4.78, 5) is 0. The van der Waals surface area contributed by atoms with Crippen LogP contribution in [-0.2, 0) is 4.74 Å². The van der Waals surface area contributed by atoms with Gasteiger partial charge in [-0.3, -0.25) is 0 Å². The van der Waals surface area contributed by atoms with Crippen LogP contribution in [0.15, 0.2) is 18.2 Å². The zero-order valence-electron chi connectivity index (χ0n) is 10.3. The molecule has 4 nitrogen and oxygen atoms in total. The Labute approximate surface area is 96.9 Å². The summed E-state index contributed by atoms with van der Waals surface area (Å²) in [5.41, 5.74) is 1.98. The molecule has 0 amide bonds. The lowest BCUT2D eigenvalue weighted by Crippen LogP contribution is -2.17. The molecule has 1 unspecified atom stereocenters. The molecule has 0 spiro atoms. The molecular formula is C12H20N2O2. The van der Waals surface area contributed by atoms with Crippen LogP contribution in [0, 0.1) is 0 Å². The second kappa shape index (κ2) is 6.23. The van der Waals surface area contributed by atoms with Crippen LogP contribution in [0.1, 0.15) is 13.8 Å². The van der Waals surface area contributed by atoms with E-state index in [0.29, 0.717) is 0 Å². The van der Waals surface area contributed by atoms with E-state index in [-0.39, 0.29) is 6.23 Å². The summed E-state index contributed by atoms with van der Waals surface area (Å²) >= 11 is 0. The predicted octanol–water partition coefficient (Wildman–Crippen LogP) is 2.53. The molecule has 0 heterocycles. The predicted molar refractivity (Wildman–Crippen MR) is 67.3 cm³/mol. The first-order valence-corrected chi connectivity index (χ1v) is 5.42. The zero-order valence-corrected chi connectivity index (χ0v) is 10.3. The molecule has 1 aromatic rings. The van der Waals surface area contributed by atoms with Gasteiger partial charge in [0.05, 0.1) is 12.8 Å². The number of hydrogen-bond acceptors (Lipinski definition) is 4. The van der Waals surface area contributed by atoms with E-state index < -0.39 is 0 Å². The van der Waals surface area contributed by atoms with E-state index in [2.05, 4.69) is 17.6 Å². The second-order valence-electron chi connectivity index (χ2n) is 3.47. The third-order valence-electron chi connectivity index (χ3n) is 2.29. The summed E-state index contributed by atoms with van der Waals surface area (Å²) in [6, 6.07) is 5.96. The number of hydrogen-bond donors (Lipinski definition) is 2. The highest BCUT2D eigenvalue weighted by atomic mass is 16.5. The van der Waals surface area contributed by atoms with Gasteiger partial charge >= 0.3 is 0 Å². The lowest BCUT2D eigenvalue weighted by molar-refractivity contribution is 0.141. The lowest BCUT2D eigenvalue weighted by atomic mass is 10.2. The van der Waals surface area contributed by atoms with Crippen molar-refractivity contribution in [3.63, 3.8) is 0 Å². The second-order valence-corrected chi connectivity index (χ2v) is 3.47. The Kier molecular flexibility index (Phi) is 4.92. The minimum Gasteiger partial charge on any atom is -0.495 e. The number of nitrogens with one attached hydrogen (secondary N) is 2. The van der Waals surface area contributed by atoms with Crippen LogP contribution in [0.5, 0.6) is 5.75 Å². The molecule has 2 N–H and O–H groups in total. The van der Waals surface area contributed by atoms with Gasteiger partial charge in [-0.05, 0) is 26.0 Å². The maximum atomic E-state index is 5.32. The standard InChI is InChI=1S/C12H20N2O2/c1-5-13-10-6-7-11(12(8-10)16-4)14-9(2)15-3/h6-9,13-14H,5H2,1-4H3. The fourth-order valence-corrected chi connectivity index (χ4v) is 1.40. The molecule has 0 saturated carbocycles. The fraction of sp³-hybridized carbons (Fsp3) is 0.500. The minimum atomic E-state index is -0.0427. The third-order valence-corrected chi connectivity index (χ3v) is 2.29. The van der Waals surface area contributed by atoms with E-state index in [0.717, 1.165) is 23.7 Å². The van der Waals surface area contributed by atoms with Crippen molar-refractivity contribution < 1.29 is 9.47 Å². The van der Waals surface area contributed by atoms with Crippen LogP contribution in [0.2, 0.25) is 0 Å². The maximum Gasteiger partial charge on any atom is 0.144 e. The van der Waals surface area contributed by atoms with Gasteiger partial charge in [0.25, 0.3) is 0 Å². The minimum absolute atomic E-state index is 0.0427. The van der Waals surface area contributed by atoms with Gasteiger partial charge in [-0.2, -0.15) is 0 Å². The molecule has 0 saturated heterocycles. The molecule has 0 aliphatic heterocycles. The van der Waals surface area contributed by atoms with E-state index in [1.807, 2.05) is 25.1 Å². The molecule has 0 aromatic heterocycles. The Hall–Kier alpha value is -1.42. The fourth-order valence-electron chi connectivity index (χ4n) is 1.40. The van der Waals surface area contributed by atoms with Crippen molar-refractivity contribution in [1.29, 1.82) is 0 Å². The van der Waals surface area contributed by atoms with Crippen molar-refractivity contribution in [2.24, 2.45) is 0 Å². The molecule has 0 aliphatic rings. The van der Waals surface area contributed by atoms with E-state index in [1.54, 1.807) is 14.2 Å². The van der Waals surface area contributed by atoms with Gasteiger partial charge in [0, 0.05) is 25.4 Å². The highest BCUT2D eigenvalue weighted by Crippen LogP contribution is 2.28. The average Bonchev–Trinajstić information content (AvgIpc) is 2.31. The number of methoxy groups -OCH3 is 2. The van der Waals surface area contributed by atoms with Crippen LogP contribution in [-0.4, -0.2) is 27.0 Å². The van der Waals surface area contributed by atoms with E-state index in [4.69, 9.17) is 9.47 Å². The molecule has 16 heavy (non-hydrogen) atoms. The summed E-state index contributed by atoms with van der Waals surface area (Å²) in [6.07, 6.45) is -0.0427. The Morgan fingerprint density at radius 2 is 2.06 bits per heavy atom. The quantitative estimate of drug-likeness (QED) is 0.729. The molecule has 0 aliphatic carbocycles. The van der Waals surface area contributed by atoms with E-state index >= 15 is 0 Å². The van der Waals surface area contributed by atoms with Gasteiger partial charge < -0.3 is 20.1 Å². The van der Waals surface area contributed by atoms with Crippen LogP contribution in [0.3, 0.4) is 0 Å². The first-order chi connectivity index (χ1) is 7.71. The van der Waals surface area contributed by atoms with Crippen molar-refractivity contribution in [3.8, 4) is 5.75 Å². The monoisotopic (exact) mass is 224 g/mol. The Bertz CT molecular complexity index is 329. The largest absolute Gasteiger partial charge is 0.495 e. The average molecular weight is 224 g/mol. The third kappa shape index (κ3) is 3.31.